The smallest absolute Gasteiger partial charge is 0.256 e. The Morgan fingerprint density at radius 1 is 1.21 bits per heavy atom. The van der Waals surface area contributed by atoms with Gasteiger partial charge in [0.25, 0.3) is 11.8 Å². The van der Waals surface area contributed by atoms with Gasteiger partial charge in [-0.25, -0.2) is 0 Å². The van der Waals surface area contributed by atoms with Gasteiger partial charge in [-0.05, 0) is 36.2 Å². The van der Waals surface area contributed by atoms with Crippen molar-refractivity contribution in [3.05, 3.63) is 63.1 Å². The van der Waals surface area contributed by atoms with Crippen LogP contribution in [-0.2, 0) is 6.54 Å². The summed E-state index contributed by atoms with van der Waals surface area (Å²) < 4.78 is 0. The summed E-state index contributed by atoms with van der Waals surface area (Å²) in [5.41, 5.74) is 2.22. The zero-order chi connectivity index (χ0) is 17.3. The molecule has 0 aliphatic carbocycles. The second-order valence-corrected chi connectivity index (χ2v) is 6.55. The zero-order valence-electron chi connectivity index (χ0n) is 13.1. The van der Waals surface area contributed by atoms with Crippen molar-refractivity contribution >= 4 is 40.7 Å². The Morgan fingerprint density at radius 2 is 1.92 bits per heavy atom. The topological polar surface area (TPSA) is 49.4 Å². The number of hydrogen-bond donors (Lipinski definition) is 1. The number of benzene rings is 2. The number of fused-ring (bicyclic) bond motifs is 1. The number of nitrogens with zero attached hydrogens (tertiary/aromatic N) is 1. The van der Waals surface area contributed by atoms with Crippen LogP contribution in [-0.4, -0.2) is 23.3 Å². The predicted octanol–water partition coefficient (Wildman–Crippen LogP) is 4.61. The molecule has 0 atom stereocenters. The third-order valence-electron chi connectivity index (χ3n) is 3.87. The van der Waals surface area contributed by atoms with E-state index in [0.717, 1.165) is 12.0 Å². The summed E-state index contributed by atoms with van der Waals surface area (Å²) in [4.78, 5) is 27.0. The molecule has 1 heterocycles. The average Bonchev–Trinajstić information content (AvgIpc) is 2.83. The monoisotopic (exact) mass is 362 g/mol. The van der Waals surface area contributed by atoms with Crippen LogP contribution in [0.3, 0.4) is 0 Å². The third kappa shape index (κ3) is 3.25. The molecule has 0 radical (unpaired) electrons. The Hall–Kier alpha value is -2.04. The van der Waals surface area contributed by atoms with Gasteiger partial charge in [-0.1, -0.05) is 42.3 Å². The van der Waals surface area contributed by atoms with Gasteiger partial charge in [0.15, 0.2) is 0 Å². The normalized spacial score (nSPS) is 13.1. The first-order chi connectivity index (χ1) is 11.5. The largest absolute Gasteiger partial charge is 0.334 e. The van der Waals surface area contributed by atoms with Crippen LogP contribution in [0.4, 0.5) is 5.69 Å². The molecule has 0 unspecified atom stereocenters. The Bertz CT molecular complexity index is 800. The number of anilines is 1. The molecule has 0 saturated heterocycles. The minimum atomic E-state index is -0.350. The maximum atomic E-state index is 12.6. The number of nitrogens with one attached hydrogen (secondary N) is 1. The number of carbonyl (C=O) groups is 2. The van der Waals surface area contributed by atoms with Crippen molar-refractivity contribution in [2.45, 2.75) is 19.9 Å². The van der Waals surface area contributed by atoms with Crippen molar-refractivity contribution in [1.82, 2.24) is 4.90 Å². The van der Waals surface area contributed by atoms with Gasteiger partial charge in [-0.3, -0.25) is 9.59 Å². The van der Waals surface area contributed by atoms with Crippen LogP contribution in [0.15, 0.2) is 36.4 Å². The lowest BCUT2D eigenvalue weighted by Crippen LogP contribution is -2.26. The molecule has 0 saturated carbocycles. The van der Waals surface area contributed by atoms with Gasteiger partial charge < -0.3 is 10.2 Å². The van der Waals surface area contributed by atoms with E-state index in [-0.39, 0.29) is 11.8 Å². The SMILES string of the molecule is CCCN1Cc2cccc(C(=O)Nc3cc(Cl)cc(Cl)c3)c2C1=O. The Labute approximate surface area is 150 Å². The predicted molar refractivity (Wildman–Crippen MR) is 95.9 cm³/mol. The highest BCUT2D eigenvalue weighted by Crippen LogP contribution is 2.28. The van der Waals surface area contributed by atoms with E-state index in [1.165, 1.54) is 0 Å². The minimum Gasteiger partial charge on any atom is -0.334 e. The number of halogens is 2. The summed E-state index contributed by atoms with van der Waals surface area (Å²) >= 11 is 11.9. The molecular formula is C18H16Cl2N2O2. The van der Waals surface area contributed by atoms with Crippen molar-refractivity contribution < 1.29 is 9.59 Å². The highest BCUT2D eigenvalue weighted by Gasteiger charge is 2.31. The fourth-order valence-electron chi connectivity index (χ4n) is 2.88. The summed E-state index contributed by atoms with van der Waals surface area (Å²) in [5.74, 6) is -0.446. The molecule has 2 amide bonds. The maximum absolute atomic E-state index is 12.6. The van der Waals surface area contributed by atoms with Gasteiger partial charge >= 0.3 is 0 Å². The molecule has 24 heavy (non-hydrogen) atoms. The minimum absolute atomic E-state index is 0.0956. The lowest BCUT2D eigenvalue weighted by molar-refractivity contribution is 0.0774. The molecular weight excluding hydrogens is 347 g/mol. The van der Waals surface area contributed by atoms with Crippen LogP contribution in [0.5, 0.6) is 0 Å². The van der Waals surface area contributed by atoms with E-state index in [2.05, 4.69) is 5.32 Å². The Balaban J connectivity index is 1.90. The van der Waals surface area contributed by atoms with E-state index in [0.29, 0.717) is 39.9 Å². The lowest BCUT2D eigenvalue weighted by atomic mass is 10.0. The van der Waals surface area contributed by atoms with Crippen molar-refractivity contribution in [1.29, 1.82) is 0 Å². The molecule has 1 aliphatic rings. The fraction of sp³-hybridized carbons (Fsp3) is 0.222. The second-order valence-electron chi connectivity index (χ2n) is 5.68. The molecule has 6 heteroatoms. The van der Waals surface area contributed by atoms with Crippen LogP contribution >= 0.6 is 23.2 Å². The van der Waals surface area contributed by atoms with Crippen LogP contribution in [0.1, 0.15) is 39.6 Å². The average molecular weight is 363 g/mol. The molecule has 3 rings (SSSR count). The van der Waals surface area contributed by atoms with Gasteiger partial charge in [-0.15, -0.1) is 0 Å². The van der Waals surface area contributed by atoms with Crippen molar-refractivity contribution in [3.8, 4) is 0 Å². The van der Waals surface area contributed by atoms with Gasteiger partial charge in [-0.2, -0.15) is 0 Å². The molecule has 2 aromatic rings. The fourth-order valence-corrected chi connectivity index (χ4v) is 3.41. The summed E-state index contributed by atoms with van der Waals surface area (Å²) in [6.45, 7) is 3.25. The lowest BCUT2D eigenvalue weighted by Gasteiger charge is -2.14. The molecule has 0 fully saturated rings. The number of amides is 2. The van der Waals surface area contributed by atoms with E-state index in [4.69, 9.17) is 23.2 Å². The third-order valence-corrected chi connectivity index (χ3v) is 4.31. The van der Waals surface area contributed by atoms with E-state index >= 15 is 0 Å². The molecule has 124 valence electrons. The van der Waals surface area contributed by atoms with Crippen molar-refractivity contribution in [2.75, 3.05) is 11.9 Å². The zero-order valence-corrected chi connectivity index (χ0v) is 14.6. The maximum Gasteiger partial charge on any atom is 0.256 e. The van der Waals surface area contributed by atoms with Crippen LogP contribution < -0.4 is 5.32 Å². The molecule has 1 N–H and O–H groups in total. The summed E-state index contributed by atoms with van der Waals surface area (Å²) in [7, 11) is 0. The Kier molecular flexibility index (Phi) is 4.78. The quantitative estimate of drug-likeness (QED) is 0.862. The van der Waals surface area contributed by atoms with Crippen LogP contribution in [0.2, 0.25) is 10.0 Å². The number of hydrogen-bond acceptors (Lipinski definition) is 2. The van der Waals surface area contributed by atoms with Crippen LogP contribution in [0.25, 0.3) is 0 Å². The van der Waals surface area contributed by atoms with Gasteiger partial charge in [0.1, 0.15) is 0 Å². The van der Waals surface area contributed by atoms with E-state index in [1.807, 2.05) is 13.0 Å². The molecule has 2 aromatic carbocycles. The molecule has 1 aliphatic heterocycles. The summed E-state index contributed by atoms with van der Waals surface area (Å²) in [5, 5.41) is 3.62. The molecule has 0 aromatic heterocycles. The van der Waals surface area contributed by atoms with E-state index in [1.54, 1.807) is 35.2 Å². The highest BCUT2D eigenvalue weighted by molar-refractivity contribution is 6.35. The second kappa shape index (κ2) is 6.83. The first-order valence-corrected chi connectivity index (χ1v) is 8.43. The molecule has 4 nitrogen and oxygen atoms in total. The van der Waals surface area contributed by atoms with Gasteiger partial charge in [0.2, 0.25) is 0 Å². The van der Waals surface area contributed by atoms with Crippen LogP contribution in [0, 0.1) is 0 Å². The van der Waals surface area contributed by atoms with Crippen molar-refractivity contribution in [2.24, 2.45) is 0 Å². The first kappa shape index (κ1) is 16.8. The van der Waals surface area contributed by atoms with E-state index < -0.39 is 0 Å². The molecule has 0 spiro atoms. The summed E-state index contributed by atoms with van der Waals surface area (Å²) in [6.07, 6.45) is 0.877. The van der Waals surface area contributed by atoms with Gasteiger partial charge in [0.05, 0.1) is 11.1 Å². The van der Waals surface area contributed by atoms with Crippen molar-refractivity contribution in [3.63, 3.8) is 0 Å². The van der Waals surface area contributed by atoms with Gasteiger partial charge in [0, 0.05) is 28.8 Å². The standard InChI is InChI=1S/C18H16Cl2N2O2/c1-2-6-22-10-11-4-3-5-15(16(11)18(22)24)17(23)21-14-8-12(19)7-13(20)9-14/h3-5,7-9H,2,6,10H2,1H3,(H,21,23). The first-order valence-electron chi connectivity index (χ1n) is 7.68. The number of rotatable bonds is 4. The molecule has 0 bridgehead atoms. The van der Waals surface area contributed by atoms with E-state index in [9.17, 15) is 9.59 Å². The number of carbonyl (C=O) groups excluding carboxylic acids is 2. The Morgan fingerprint density at radius 3 is 2.58 bits per heavy atom. The summed E-state index contributed by atoms with van der Waals surface area (Å²) in [6, 6.07) is 10.1. The highest BCUT2D eigenvalue weighted by atomic mass is 35.5.